The average Bonchev–Trinajstić information content (AvgIpc) is 2.80. The van der Waals surface area contributed by atoms with Crippen LogP contribution in [0.5, 0.6) is 11.5 Å². The summed E-state index contributed by atoms with van der Waals surface area (Å²) in [6.45, 7) is 5.67. The van der Waals surface area contributed by atoms with E-state index in [2.05, 4.69) is 13.8 Å². The Balaban J connectivity index is 1.88. The van der Waals surface area contributed by atoms with E-state index >= 15 is 0 Å². The minimum atomic E-state index is 0.502. The Morgan fingerprint density at radius 2 is 0.829 bits per heavy atom. The van der Waals surface area contributed by atoms with Gasteiger partial charge in [-0.15, -0.1) is 0 Å². The summed E-state index contributed by atoms with van der Waals surface area (Å²) >= 11 is 27.4. The van der Waals surface area contributed by atoms with E-state index < -0.39 is 0 Å². The van der Waals surface area contributed by atoms with Crippen LogP contribution in [-0.2, 0) is 0 Å². The Labute approximate surface area is 236 Å². The van der Waals surface area contributed by atoms with Crippen molar-refractivity contribution in [3.63, 3.8) is 0 Å². The Bertz CT molecular complexity index is 774. The summed E-state index contributed by atoms with van der Waals surface area (Å²) in [5.74, 6) is 1.08. The van der Waals surface area contributed by atoms with E-state index in [1.54, 1.807) is 0 Å². The molecule has 0 spiro atoms. The molecule has 0 heterocycles. The summed E-state index contributed by atoms with van der Waals surface area (Å²) in [5, 5.41) is 2.01. The van der Waals surface area contributed by atoms with Crippen molar-refractivity contribution < 1.29 is 9.47 Å². The molecule has 0 N–H and O–H groups in total. The minimum absolute atomic E-state index is 0.502. The molecule has 0 bridgehead atoms. The highest BCUT2D eigenvalue weighted by molar-refractivity contribution is 7.99. The zero-order chi connectivity index (χ0) is 25.5. The molecule has 0 aliphatic heterocycles. The van der Waals surface area contributed by atoms with Crippen LogP contribution in [0.2, 0.25) is 20.1 Å². The molecule has 0 amide bonds. The first-order chi connectivity index (χ1) is 17.0. The maximum Gasteiger partial charge on any atom is 0.156 e. The van der Waals surface area contributed by atoms with Crippen molar-refractivity contribution in [1.82, 2.24) is 0 Å². The van der Waals surface area contributed by atoms with E-state index in [-0.39, 0.29) is 0 Å². The van der Waals surface area contributed by atoms with Gasteiger partial charge < -0.3 is 9.47 Å². The summed E-state index contributed by atoms with van der Waals surface area (Å²) in [5.41, 5.74) is 0. The summed E-state index contributed by atoms with van der Waals surface area (Å²) in [6, 6.07) is 7.44. The van der Waals surface area contributed by atoms with E-state index in [9.17, 15) is 0 Å². The van der Waals surface area contributed by atoms with Gasteiger partial charge in [-0.25, -0.2) is 0 Å². The molecule has 2 rings (SSSR count). The molecule has 0 aromatic heterocycles. The fraction of sp³-hybridized carbons (Fsp3) is 0.571. The van der Waals surface area contributed by atoms with Crippen molar-refractivity contribution in [3.05, 3.63) is 44.4 Å². The summed E-state index contributed by atoms with van der Waals surface area (Å²) in [7, 11) is 0. The fourth-order valence-corrected chi connectivity index (χ4v) is 6.15. The maximum absolute atomic E-state index is 6.49. The first-order valence-corrected chi connectivity index (χ1v) is 15.2. The van der Waals surface area contributed by atoms with Gasteiger partial charge in [-0.1, -0.05) is 136 Å². The molecule has 7 heteroatoms. The number of halogens is 4. The van der Waals surface area contributed by atoms with Gasteiger partial charge in [-0.05, 0) is 37.1 Å². The third-order valence-electron chi connectivity index (χ3n) is 5.67. The highest BCUT2D eigenvalue weighted by Crippen LogP contribution is 2.43. The zero-order valence-corrected chi connectivity index (χ0v) is 24.8. The predicted octanol–water partition coefficient (Wildman–Crippen LogP) is 11.9. The molecule has 0 fully saturated rings. The second kappa shape index (κ2) is 17.9. The molecule has 2 aromatic carbocycles. The Kier molecular flexibility index (Phi) is 15.7. The normalized spacial score (nSPS) is 11.1. The molecule has 0 saturated carbocycles. The fourth-order valence-electron chi connectivity index (χ4n) is 3.72. The van der Waals surface area contributed by atoms with Crippen LogP contribution in [0.1, 0.15) is 90.9 Å². The van der Waals surface area contributed by atoms with E-state index in [1.165, 1.54) is 63.1 Å². The molecule has 196 valence electrons. The van der Waals surface area contributed by atoms with Crippen LogP contribution in [0, 0.1) is 0 Å². The topological polar surface area (TPSA) is 18.5 Å². The molecule has 2 nitrogen and oxygen atoms in total. The van der Waals surface area contributed by atoms with Gasteiger partial charge in [0.05, 0.1) is 33.3 Å². The molecule has 35 heavy (non-hydrogen) atoms. The first kappa shape index (κ1) is 30.8. The standard InChI is InChI=1S/C28H38Cl4O2S/c1-3-5-7-9-11-13-15-33-27-23(29)17-21(18-24(27)30)35-22-19-25(31)28(26(32)20-22)34-16-14-12-10-8-6-4-2/h17-20H,3-16H2,1-2H3. The quantitative estimate of drug-likeness (QED) is 0.163. The second-order valence-electron chi connectivity index (χ2n) is 8.77. The lowest BCUT2D eigenvalue weighted by atomic mass is 10.1. The van der Waals surface area contributed by atoms with Crippen molar-refractivity contribution in [1.29, 1.82) is 0 Å². The van der Waals surface area contributed by atoms with Gasteiger partial charge in [0.25, 0.3) is 0 Å². The highest BCUT2D eigenvalue weighted by atomic mass is 35.5. The molecule has 0 aliphatic rings. The number of hydrogen-bond donors (Lipinski definition) is 0. The van der Waals surface area contributed by atoms with E-state index in [1.807, 2.05) is 24.3 Å². The molecule has 0 atom stereocenters. The van der Waals surface area contributed by atoms with E-state index in [4.69, 9.17) is 55.9 Å². The van der Waals surface area contributed by atoms with E-state index in [0.717, 1.165) is 35.5 Å². The Morgan fingerprint density at radius 3 is 1.17 bits per heavy atom. The van der Waals surface area contributed by atoms with Crippen molar-refractivity contribution in [3.8, 4) is 11.5 Å². The summed E-state index contributed by atoms with van der Waals surface area (Å²) < 4.78 is 11.8. The number of rotatable bonds is 18. The summed E-state index contributed by atoms with van der Waals surface area (Å²) in [6.07, 6.45) is 14.4. The lowest BCUT2D eigenvalue weighted by Crippen LogP contribution is -1.99. The summed E-state index contributed by atoms with van der Waals surface area (Å²) in [4.78, 5) is 1.78. The predicted molar refractivity (Wildman–Crippen MR) is 155 cm³/mol. The number of hydrogen-bond acceptors (Lipinski definition) is 3. The van der Waals surface area contributed by atoms with Gasteiger partial charge in [0, 0.05) is 9.79 Å². The monoisotopic (exact) mass is 578 g/mol. The maximum atomic E-state index is 6.49. The van der Waals surface area contributed by atoms with Crippen LogP contribution in [0.15, 0.2) is 34.1 Å². The van der Waals surface area contributed by atoms with Crippen LogP contribution in [0.25, 0.3) is 0 Å². The average molecular weight is 580 g/mol. The van der Waals surface area contributed by atoms with Crippen LogP contribution in [0.4, 0.5) is 0 Å². The molecular weight excluding hydrogens is 542 g/mol. The second-order valence-corrected chi connectivity index (χ2v) is 11.5. The third-order valence-corrected chi connectivity index (χ3v) is 7.73. The van der Waals surface area contributed by atoms with Crippen molar-refractivity contribution >= 4 is 58.2 Å². The van der Waals surface area contributed by atoms with Crippen LogP contribution >= 0.6 is 58.2 Å². The van der Waals surface area contributed by atoms with Crippen LogP contribution < -0.4 is 9.47 Å². The Morgan fingerprint density at radius 1 is 0.514 bits per heavy atom. The van der Waals surface area contributed by atoms with Crippen LogP contribution in [-0.4, -0.2) is 13.2 Å². The molecule has 0 saturated heterocycles. The van der Waals surface area contributed by atoms with Gasteiger partial charge in [0.15, 0.2) is 11.5 Å². The van der Waals surface area contributed by atoms with Crippen molar-refractivity contribution in [2.45, 2.75) is 101 Å². The lowest BCUT2D eigenvalue weighted by molar-refractivity contribution is 0.304. The number of unbranched alkanes of at least 4 members (excludes halogenated alkanes) is 10. The van der Waals surface area contributed by atoms with Gasteiger partial charge in [0.1, 0.15) is 0 Å². The number of ether oxygens (including phenoxy) is 2. The Hall–Kier alpha value is -0.450. The molecular formula is C28H38Cl4O2S. The number of benzene rings is 2. The van der Waals surface area contributed by atoms with Gasteiger partial charge in [-0.3, -0.25) is 0 Å². The first-order valence-electron chi connectivity index (χ1n) is 12.9. The van der Waals surface area contributed by atoms with Crippen molar-refractivity contribution in [2.24, 2.45) is 0 Å². The highest BCUT2D eigenvalue weighted by Gasteiger charge is 2.14. The van der Waals surface area contributed by atoms with E-state index in [0.29, 0.717) is 44.8 Å². The largest absolute Gasteiger partial charge is 0.490 e. The van der Waals surface area contributed by atoms with Gasteiger partial charge >= 0.3 is 0 Å². The zero-order valence-electron chi connectivity index (χ0n) is 20.9. The van der Waals surface area contributed by atoms with Gasteiger partial charge in [0.2, 0.25) is 0 Å². The lowest BCUT2D eigenvalue weighted by Gasteiger charge is -2.13. The molecule has 0 radical (unpaired) electrons. The SMILES string of the molecule is CCCCCCCCOc1c(Cl)cc(Sc2cc(Cl)c(OCCCCCCCC)c(Cl)c2)cc1Cl. The van der Waals surface area contributed by atoms with Crippen molar-refractivity contribution in [2.75, 3.05) is 13.2 Å². The van der Waals surface area contributed by atoms with Gasteiger partial charge in [-0.2, -0.15) is 0 Å². The minimum Gasteiger partial charge on any atom is -0.490 e. The smallest absolute Gasteiger partial charge is 0.156 e. The molecule has 0 unspecified atom stereocenters. The van der Waals surface area contributed by atoms with Crippen LogP contribution in [0.3, 0.4) is 0 Å². The molecule has 2 aromatic rings. The molecule has 0 aliphatic carbocycles. The third kappa shape index (κ3) is 11.6.